The van der Waals surface area contributed by atoms with E-state index in [4.69, 9.17) is 0 Å². The monoisotopic (exact) mass is 247 g/mol. The van der Waals surface area contributed by atoms with Crippen molar-refractivity contribution in [3.05, 3.63) is 29.3 Å². The normalized spacial score (nSPS) is 23.7. The topological polar surface area (TPSA) is 23.5 Å². The fraction of sp³-hybridized carbons (Fsp3) is 0.625. The van der Waals surface area contributed by atoms with E-state index in [1.165, 1.54) is 16.8 Å². The molecule has 0 bridgehead atoms. The molecule has 18 heavy (non-hydrogen) atoms. The minimum atomic E-state index is 0.313. The number of hydrogen-bond donors (Lipinski definition) is 1. The van der Waals surface area contributed by atoms with Crippen LogP contribution in [0.2, 0.25) is 0 Å². The van der Waals surface area contributed by atoms with Gasteiger partial charge in [0.2, 0.25) is 0 Å². The highest BCUT2D eigenvalue weighted by molar-refractivity contribution is 5.61. The van der Waals surface area contributed by atoms with E-state index in [0.29, 0.717) is 18.6 Å². The molecule has 1 fully saturated rings. The first-order chi connectivity index (χ1) is 8.72. The molecule has 1 aromatic rings. The molecule has 1 N–H and O–H groups in total. The van der Waals surface area contributed by atoms with E-state index < -0.39 is 0 Å². The summed E-state index contributed by atoms with van der Waals surface area (Å²) < 4.78 is 0. The van der Waals surface area contributed by atoms with Gasteiger partial charge in [0.05, 0.1) is 0 Å². The van der Waals surface area contributed by atoms with Crippen LogP contribution in [0, 0.1) is 5.92 Å². The van der Waals surface area contributed by atoms with Crippen molar-refractivity contribution in [2.75, 3.05) is 18.1 Å². The Morgan fingerprint density at radius 1 is 1.22 bits per heavy atom. The van der Waals surface area contributed by atoms with Gasteiger partial charge in [0.1, 0.15) is 0 Å². The molecule has 0 aromatic heterocycles. The number of rotatable bonds is 4. The number of aliphatic hydroxyl groups is 1. The molecule has 1 aliphatic rings. The zero-order valence-electron chi connectivity index (χ0n) is 11.8. The van der Waals surface area contributed by atoms with Gasteiger partial charge in [0, 0.05) is 30.8 Å². The Labute approximate surface area is 111 Å². The van der Waals surface area contributed by atoms with E-state index in [2.05, 4.69) is 43.9 Å². The predicted octanol–water partition coefficient (Wildman–Crippen LogP) is 3.02. The number of nitrogens with zero attached hydrogens (tertiary/aromatic N) is 1. The Morgan fingerprint density at radius 2 is 1.83 bits per heavy atom. The maximum Gasteiger partial charge on any atom is 0.0479 e. The minimum absolute atomic E-state index is 0.313. The Hall–Kier alpha value is -1.02. The van der Waals surface area contributed by atoms with Crippen LogP contribution in [0.4, 0.5) is 5.69 Å². The molecule has 0 radical (unpaired) electrons. The molecule has 2 rings (SSSR count). The van der Waals surface area contributed by atoms with Crippen LogP contribution in [0.1, 0.15) is 38.3 Å². The van der Waals surface area contributed by atoms with E-state index in [9.17, 15) is 5.11 Å². The zero-order valence-corrected chi connectivity index (χ0v) is 11.8. The third kappa shape index (κ3) is 2.26. The lowest BCUT2D eigenvalue weighted by Gasteiger charge is -2.30. The maximum absolute atomic E-state index is 9.43. The van der Waals surface area contributed by atoms with Gasteiger partial charge < -0.3 is 10.0 Å². The summed E-state index contributed by atoms with van der Waals surface area (Å²) in [5.41, 5.74) is 4.32. The Balaban J connectivity index is 2.38. The highest BCUT2D eigenvalue weighted by Gasteiger charge is 2.31. The van der Waals surface area contributed by atoms with Crippen LogP contribution in [-0.2, 0) is 12.8 Å². The van der Waals surface area contributed by atoms with Gasteiger partial charge in [0.15, 0.2) is 0 Å². The molecule has 2 heteroatoms. The van der Waals surface area contributed by atoms with Crippen LogP contribution < -0.4 is 4.90 Å². The number of aliphatic hydroxyl groups excluding tert-OH is 1. The maximum atomic E-state index is 9.43. The van der Waals surface area contributed by atoms with E-state index in [1.54, 1.807) is 0 Å². The quantitative estimate of drug-likeness (QED) is 0.884. The van der Waals surface area contributed by atoms with Crippen molar-refractivity contribution >= 4 is 5.69 Å². The Kier molecular flexibility index (Phi) is 4.28. The molecule has 1 aliphatic heterocycles. The highest BCUT2D eigenvalue weighted by atomic mass is 16.3. The summed E-state index contributed by atoms with van der Waals surface area (Å²) in [5, 5.41) is 9.43. The summed E-state index contributed by atoms with van der Waals surface area (Å²) in [7, 11) is 0. The average molecular weight is 247 g/mol. The minimum Gasteiger partial charge on any atom is -0.396 e. The molecule has 2 atom stereocenters. The van der Waals surface area contributed by atoms with Gasteiger partial charge in [-0.15, -0.1) is 0 Å². The molecule has 0 aliphatic carbocycles. The van der Waals surface area contributed by atoms with Crippen molar-refractivity contribution in [3.8, 4) is 0 Å². The predicted molar refractivity (Wildman–Crippen MR) is 77.2 cm³/mol. The summed E-state index contributed by atoms with van der Waals surface area (Å²) in [5.74, 6) is 0.430. The second kappa shape index (κ2) is 5.75. The van der Waals surface area contributed by atoms with Crippen molar-refractivity contribution < 1.29 is 5.11 Å². The van der Waals surface area contributed by atoms with Crippen molar-refractivity contribution in [2.45, 2.75) is 46.1 Å². The second-order valence-corrected chi connectivity index (χ2v) is 5.30. The molecule has 0 saturated carbocycles. The van der Waals surface area contributed by atoms with Crippen molar-refractivity contribution in [2.24, 2.45) is 5.92 Å². The van der Waals surface area contributed by atoms with Crippen LogP contribution in [0.3, 0.4) is 0 Å². The fourth-order valence-electron chi connectivity index (χ4n) is 3.15. The van der Waals surface area contributed by atoms with Crippen LogP contribution in [0.25, 0.3) is 0 Å². The summed E-state index contributed by atoms with van der Waals surface area (Å²) in [6.45, 7) is 8.09. The fourth-order valence-corrected chi connectivity index (χ4v) is 3.15. The third-order valence-corrected chi connectivity index (χ3v) is 4.40. The number of para-hydroxylation sites is 1. The first-order valence-corrected chi connectivity index (χ1v) is 7.21. The molecule has 1 saturated heterocycles. The largest absolute Gasteiger partial charge is 0.396 e. The molecule has 1 heterocycles. The van der Waals surface area contributed by atoms with Crippen LogP contribution in [0.5, 0.6) is 0 Å². The van der Waals surface area contributed by atoms with E-state index in [-0.39, 0.29) is 0 Å². The smallest absolute Gasteiger partial charge is 0.0479 e. The molecule has 0 spiro atoms. The standard InChI is InChI=1S/C16H25NO/c1-4-13-7-6-8-14(5-2)16(13)17-10-9-15(11-18)12(17)3/h6-8,12,15,18H,4-5,9-11H2,1-3H3. The SMILES string of the molecule is CCc1cccc(CC)c1N1CCC(CO)C1C. The van der Waals surface area contributed by atoms with Crippen molar-refractivity contribution in [1.29, 1.82) is 0 Å². The van der Waals surface area contributed by atoms with Crippen molar-refractivity contribution in [3.63, 3.8) is 0 Å². The zero-order chi connectivity index (χ0) is 13.1. The molecule has 2 nitrogen and oxygen atoms in total. The van der Waals surface area contributed by atoms with Gasteiger partial charge in [0.25, 0.3) is 0 Å². The van der Waals surface area contributed by atoms with Crippen molar-refractivity contribution in [1.82, 2.24) is 0 Å². The number of hydrogen-bond acceptors (Lipinski definition) is 2. The molecule has 1 aromatic carbocycles. The molecular formula is C16H25NO. The first-order valence-electron chi connectivity index (χ1n) is 7.21. The summed E-state index contributed by atoms with van der Waals surface area (Å²) in [4.78, 5) is 2.51. The second-order valence-electron chi connectivity index (χ2n) is 5.30. The molecule has 0 amide bonds. The van der Waals surface area contributed by atoms with Gasteiger partial charge in [-0.25, -0.2) is 0 Å². The number of aryl methyl sites for hydroxylation is 2. The van der Waals surface area contributed by atoms with Crippen LogP contribution in [0.15, 0.2) is 18.2 Å². The number of benzene rings is 1. The summed E-state index contributed by atoms with van der Waals surface area (Å²) in [6, 6.07) is 7.11. The van der Waals surface area contributed by atoms with Crippen LogP contribution in [-0.4, -0.2) is 24.3 Å². The average Bonchev–Trinajstić information content (AvgIpc) is 2.78. The molecular weight excluding hydrogens is 222 g/mol. The first kappa shape index (κ1) is 13.4. The van der Waals surface area contributed by atoms with Crippen LogP contribution >= 0.6 is 0 Å². The Morgan fingerprint density at radius 3 is 2.28 bits per heavy atom. The Bertz CT molecular complexity index is 380. The summed E-state index contributed by atoms with van der Waals surface area (Å²) in [6.07, 6.45) is 3.27. The van der Waals surface area contributed by atoms with E-state index >= 15 is 0 Å². The lowest BCUT2D eigenvalue weighted by molar-refractivity contribution is 0.221. The van der Waals surface area contributed by atoms with Gasteiger partial charge >= 0.3 is 0 Å². The highest BCUT2D eigenvalue weighted by Crippen LogP contribution is 2.35. The lowest BCUT2D eigenvalue weighted by atomic mass is 9.99. The van der Waals surface area contributed by atoms with Gasteiger partial charge in [-0.2, -0.15) is 0 Å². The third-order valence-electron chi connectivity index (χ3n) is 4.40. The van der Waals surface area contributed by atoms with E-state index in [0.717, 1.165) is 25.8 Å². The molecule has 100 valence electrons. The summed E-state index contributed by atoms with van der Waals surface area (Å²) >= 11 is 0. The number of anilines is 1. The van der Waals surface area contributed by atoms with Gasteiger partial charge in [-0.1, -0.05) is 32.0 Å². The van der Waals surface area contributed by atoms with E-state index in [1.807, 2.05) is 0 Å². The molecule has 2 unspecified atom stereocenters. The van der Waals surface area contributed by atoms with Gasteiger partial charge in [-0.3, -0.25) is 0 Å². The van der Waals surface area contributed by atoms with Gasteiger partial charge in [-0.05, 0) is 37.3 Å². The lowest BCUT2D eigenvalue weighted by Crippen LogP contribution is -2.32.